The molecule has 1 aliphatic carbocycles. The van der Waals surface area contributed by atoms with Crippen LogP contribution in [0.25, 0.3) is 0 Å². The molecule has 1 aromatic carbocycles. The fourth-order valence-corrected chi connectivity index (χ4v) is 3.71. The van der Waals surface area contributed by atoms with E-state index in [1.165, 1.54) is 19.1 Å². The van der Waals surface area contributed by atoms with Crippen molar-refractivity contribution in [2.75, 3.05) is 0 Å². The molecular weight excluding hydrogens is 453 g/mol. The van der Waals surface area contributed by atoms with Gasteiger partial charge in [0.05, 0.1) is 5.56 Å². The highest BCUT2D eigenvalue weighted by atomic mass is 19.4. The number of aromatic nitrogens is 2. The van der Waals surface area contributed by atoms with Crippen LogP contribution in [0.2, 0.25) is 0 Å². The molecule has 0 bridgehead atoms. The van der Waals surface area contributed by atoms with Crippen molar-refractivity contribution in [3.05, 3.63) is 58.9 Å². The summed E-state index contributed by atoms with van der Waals surface area (Å²) in [5, 5.41) is 0. The molecule has 0 spiro atoms. The summed E-state index contributed by atoms with van der Waals surface area (Å²) in [5.74, 6) is -0.697. The zero-order chi connectivity index (χ0) is 25.6. The largest absolute Gasteiger partial charge is 0.451 e. The van der Waals surface area contributed by atoms with Gasteiger partial charge in [0.2, 0.25) is 5.82 Å². The number of hydrogen-bond acceptors (Lipinski definition) is 3. The van der Waals surface area contributed by atoms with Crippen LogP contribution in [0.1, 0.15) is 56.3 Å². The van der Waals surface area contributed by atoms with Crippen LogP contribution in [0.15, 0.2) is 30.5 Å². The second kappa shape index (κ2) is 11.1. The molecule has 33 heavy (non-hydrogen) atoms. The van der Waals surface area contributed by atoms with Crippen molar-refractivity contribution >= 4 is 6.79 Å². The molecule has 1 aromatic heterocycles. The van der Waals surface area contributed by atoms with Gasteiger partial charge in [-0.2, -0.15) is 26.3 Å². The Morgan fingerprint density at radius 2 is 1.58 bits per heavy atom. The average molecular weight is 480 g/mol. The number of nitrogens with zero attached hydrogens (tertiary/aromatic N) is 2. The van der Waals surface area contributed by atoms with Gasteiger partial charge in [-0.3, -0.25) is 0 Å². The molecule has 0 N–H and O–H groups in total. The molecule has 1 saturated carbocycles. The molecule has 0 unspecified atom stereocenters. The first-order chi connectivity index (χ1) is 15.1. The van der Waals surface area contributed by atoms with E-state index in [4.69, 9.17) is 4.79 Å². The Kier molecular flexibility index (Phi) is 9.56. The van der Waals surface area contributed by atoms with Crippen LogP contribution in [-0.4, -0.2) is 16.8 Å². The first kappa shape index (κ1) is 28.5. The van der Waals surface area contributed by atoms with Crippen LogP contribution in [0.3, 0.4) is 0 Å². The first-order valence-electron chi connectivity index (χ1n) is 10.1. The van der Waals surface area contributed by atoms with E-state index in [1.807, 2.05) is 6.79 Å². The lowest BCUT2D eigenvalue weighted by atomic mass is 9.61. The van der Waals surface area contributed by atoms with Crippen molar-refractivity contribution in [1.29, 1.82) is 0 Å². The van der Waals surface area contributed by atoms with Crippen molar-refractivity contribution in [3.63, 3.8) is 0 Å². The lowest BCUT2D eigenvalue weighted by Gasteiger charge is -2.44. The maximum absolute atomic E-state index is 13.4. The van der Waals surface area contributed by atoms with E-state index in [0.29, 0.717) is 35.6 Å². The van der Waals surface area contributed by atoms with Crippen molar-refractivity contribution in [1.82, 2.24) is 9.97 Å². The van der Waals surface area contributed by atoms with Crippen LogP contribution >= 0.6 is 0 Å². The Morgan fingerprint density at radius 3 is 2.00 bits per heavy atom. The Bertz CT molecular complexity index is 904. The minimum atomic E-state index is -4.49. The van der Waals surface area contributed by atoms with Gasteiger partial charge in [-0.1, -0.05) is 20.8 Å². The summed E-state index contributed by atoms with van der Waals surface area (Å²) < 4.78 is 87.0. The summed E-state index contributed by atoms with van der Waals surface area (Å²) in [6.07, 6.45) is -5.16. The fourth-order valence-electron chi connectivity index (χ4n) is 3.71. The number of carbonyl (C=O) groups is 1. The van der Waals surface area contributed by atoms with Crippen molar-refractivity contribution < 1.29 is 35.5 Å². The number of aryl methyl sites for hydroxylation is 1. The summed E-state index contributed by atoms with van der Waals surface area (Å²) in [5.41, 5.74) is -0.247. The standard InChI is InChI=1S/C16H20F4.C6H5F3N2.CH2O/c1-10-4-12(5-10)15(2,3)9-11-6-13(16(18,19)20)8-14(17)7-11;1-4-2-3-10-5(11-4)6(7,8)9;1-2/h6-8,10,12H,4-5,9H2,1-3H3;2-3H,1H3;1H2. The lowest BCUT2D eigenvalue weighted by molar-refractivity contribution is -0.145. The van der Waals surface area contributed by atoms with Gasteiger partial charge in [0, 0.05) is 11.9 Å². The summed E-state index contributed by atoms with van der Waals surface area (Å²) in [6.45, 7) is 9.77. The summed E-state index contributed by atoms with van der Waals surface area (Å²) in [7, 11) is 0. The normalized spacial score (nSPS) is 18.3. The van der Waals surface area contributed by atoms with E-state index >= 15 is 0 Å². The summed E-state index contributed by atoms with van der Waals surface area (Å²) in [4.78, 5) is 14.3. The molecule has 3 nitrogen and oxygen atoms in total. The van der Waals surface area contributed by atoms with E-state index in [2.05, 4.69) is 30.7 Å². The maximum Gasteiger partial charge on any atom is 0.451 e. The molecule has 3 rings (SSSR count). The van der Waals surface area contributed by atoms with Crippen molar-refractivity contribution in [2.24, 2.45) is 17.3 Å². The van der Waals surface area contributed by atoms with Gasteiger partial charge in [0.25, 0.3) is 0 Å². The van der Waals surface area contributed by atoms with Crippen LogP contribution in [0, 0.1) is 30.0 Å². The van der Waals surface area contributed by atoms with Gasteiger partial charge in [0.15, 0.2) is 0 Å². The van der Waals surface area contributed by atoms with E-state index in [0.717, 1.165) is 25.1 Å². The third kappa shape index (κ3) is 8.74. The van der Waals surface area contributed by atoms with Crippen LogP contribution in [0.4, 0.5) is 30.7 Å². The highest BCUT2D eigenvalue weighted by molar-refractivity contribution is 5.27. The predicted octanol–water partition coefficient (Wildman–Crippen LogP) is 7.08. The third-order valence-corrected chi connectivity index (χ3v) is 5.47. The second-order valence-corrected chi connectivity index (χ2v) is 8.80. The van der Waals surface area contributed by atoms with E-state index in [1.54, 1.807) is 0 Å². The number of halogens is 7. The molecule has 0 atom stereocenters. The van der Waals surface area contributed by atoms with Crippen molar-refractivity contribution in [3.8, 4) is 0 Å². The third-order valence-electron chi connectivity index (χ3n) is 5.47. The van der Waals surface area contributed by atoms with Crippen molar-refractivity contribution in [2.45, 2.75) is 59.3 Å². The Labute approximate surface area is 188 Å². The topological polar surface area (TPSA) is 42.9 Å². The van der Waals surface area contributed by atoms with E-state index in [-0.39, 0.29) is 5.41 Å². The summed E-state index contributed by atoms with van der Waals surface area (Å²) in [6, 6.07) is 4.27. The molecule has 184 valence electrons. The minimum Gasteiger partial charge on any atom is -0.307 e. The smallest absolute Gasteiger partial charge is 0.307 e. The van der Waals surface area contributed by atoms with Gasteiger partial charge in [0.1, 0.15) is 12.6 Å². The zero-order valence-corrected chi connectivity index (χ0v) is 18.8. The predicted molar refractivity (Wildman–Crippen MR) is 110 cm³/mol. The number of carbonyl (C=O) groups excluding carboxylic acids is 1. The number of benzene rings is 1. The van der Waals surface area contributed by atoms with Crippen LogP contribution in [0.5, 0.6) is 0 Å². The van der Waals surface area contributed by atoms with Crippen LogP contribution < -0.4 is 0 Å². The molecule has 0 aliphatic heterocycles. The monoisotopic (exact) mass is 480 g/mol. The molecule has 10 heteroatoms. The van der Waals surface area contributed by atoms with Gasteiger partial charge < -0.3 is 4.79 Å². The SMILES string of the molecule is C=O.CC1CC(C(C)(C)Cc2cc(F)cc(C(F)(F)F)c2)C1.Cc1ccnc(C(F)(F)F)n1. The molecule has 1 fully saturated rings. The summed E-state index contributed by atoms with van der Waals surface area (Å²) >= 11 is 0. The Balaban J connectivity index is 0.000000354. The molecular formula is C23H27F7N2O. The zero-order valence-electron chi connectivity index (χ0n) is 18.8. The average Bonchev–Trinajstić information content (AvgIpc) is 2.65. The van der Waals surface area contributed by atoms with Crippen LogP contribution in [-0.2, 0) is 23.6 Å². The molecule has 0 radical (unpaired) electrons. The highest BCUT2D eigenvalue weighted by Gasteiger charge is 2.38. The number of hydrogen-bond donors (Lipinski definition) is 0. The second-order valence-electron chi connectivity index (χ2n) is 8.80. The number of alkyl halides is 6. The molecule has 0 amide bonds. The molecule has 2 aromatic rings. The molecule has 1 aliphatic rings. The van der Waals surface area contributed by atoms with E-state index in [9.17, 15) is 30.7 Å². The molecule has 0 saturated heterocycles. The minimum absolute atomic E-state index is 0.0941. The van der Waals surface area contributed by atoms with Gasteiger partial charge in [-0.05, 0) is 73.3 Å². The Morgan fingerprint density at radius 1 is 1.00 bits per heavy atom. The quantitative estimate of drug-likeness (QED) is 0.441. The number of rotatable bonds is 3. The first-order valence-corrected chi connectivity index (χ1v) is 10.1. The maximum atomic E-state index is 13.4. The van der Waals surface area contributed by atoms with E-state index < -0.39 is 29.6 Å². The van der Waals surface area contributed by atoms with Gasteiger partial charge in [-0.25, -0.2) is 14.4 Å². The Hall–Kier alpha value is -2.52. The van der Waals surface area contributed by atoms with Gasteiger partial charge in [-0.15, -0.1) is 0 Å². The highest BCUT2D eigenvalue weighted by Crippen LogP contribution is 2.47. The van der Waals surface area contributed by atoms with Gasteiger partial charge >= 0.3 is 12.4 Å². The molecule has 1 heterocycles. The fraction of sp³-hybridized carbons (Fsp3) is 0.522. The lowest BCUT2D eigenvalue weighted by Crippen LogP contribution is -2.36.